The van der Waals surface area contributed by atoms with Crippen LogP contribution in [0.5, 0.6) is 0 Å². The number of nitrogens with one attached hydrogen (secondary N) is 2. The van der Waals surface area contributed by atoms with Crippen molar-refractivity contribution in [2.24, 2.45) is 22.7 Å². The van der Waals surface area contributed by atoms with Gasteiger partial charge in [-0.1, -0.05) is 39.5 Å². The second-order valence-electron chi connectivity index (χ2n) is 9.34. The molecule has 2 N–H and O–H groups in total. The van der Waals surface area contributed by atoms with Crippen molar-refractivity contribution in [2.45, 2.75) is 50.6 Å². The summed E-state index contributed by atoms with van der Waals surface area (Å²) < 4.78 is 0. The summed E-state index contributed by atoms with van der Waals surface area (Å²) in [5, 5.41) is 7.44. The van der Waals surface area contributed by atoms with Gasteiger partial charge in [-0.25, -0.2) is 9.97 Å². The first-order chi connectivity index (χ1) is 13.6. The van der Waals surface area contributed by atoms with Crippen molar-refractivity contribution in [1.82, 2.24) is 9.97 Å². The zero-order valence-electron chi connectivity index (χ0n) is 17.2. The first-order valence-electron chi connectivity index (χ1n) is 9.86. The van der Waals surface area contributed by atoms with E-state index in [0.29, 0.717) is 11.4 Å². The van der Waals surface area contributed by atoms with Crippen LogP contribution in [-0.4, -0.2) is 21.8 Å². The van der Waals surface area contributed by atoms with Gasteiger partial charge in [0, 0.05) is 11.8 Å². The molecule has 2 aromatic heterocycles. The van der Waals surface area contributed by atoms with E-state index in [4.69, 9.17) is 0 Å². The highest BCUT2D eigenvalue weighted by molar-refractivity contribution is 7.99. The molecule has 0 aromatic carbocycles. The minimum atomic E-state index is 0.0612. The summed E-state index contributed by atoms with van der Waals surface area (Å²) in [6.07, 6.45) is 5.20. The summed E-state index contributed by atoms with van der Waals surface area (Å²) in [4.78, 5) is 33.1. The van der Waals surface area contributed by atoms with E-state index in [1.165, 1.54) is 11.8 Å². The predicted molar refractivity (Wildman–Crippen MR) is 114 cm³/mol. The minimum Gasteiger partial charge on any atom is -0.324 e. The van der Waals surface area contributed by atoms with Crippen LogP contribution in [0.2, 0.25) is 0 Å². The standard InChI is InChI=1S/C22H26N4O2S/c1-21(2)9-15(21)19(27)25-13-5-7-17(23-11-13)29-18-8-6-14(12-24-18)26-20(28)16-10-22(16,3)4/h5-8,11-12,15-16H,9-10H2,1-4H3,(H,25,27)(H,26,28). The number of rotatable bonds is 6. The molecule has 2 heterocycles. The quantitative estimate of drug-likeness (QED) is 0.727. The number of hydrogen-bond donors (Lipinski definition) is 2. The van der Waals surface area contributed by atoms with Crippen LogP contribution in [0.15, 0.2) is 46.7 Å². The lowest BCUT2D eigenvalue weighted by atomic mass is 10.1. The zero-order chi connectivity index (χ0) is 20.8. The Hall–Kier alpha value is -2.41. The molecule has 6 nitrogen and oxygen atoms in total. The second kappa shape index (κ2) is 7.13. The van der Waals surface area contributed by atoms with Gasteiger partial charge in [0.15, 0.2) is 0 Å². The number of anilines is 2. The van der Waals surface area contributed by atoms with E-state index in [0.717, 1.165) is 22.9 Å². The molecule has 2 amide bonds. The van der Waals surface area contributed by atoms with Crippen LogP contribution in [-0.2, 0) is 9.59 Å². The molecular formula is C22H26N4O2S. The predicted octanol–water partition coefficient (Wildman–Crippen LogP) is 4.60. The van der Waals surface area contributed by atoms with Crippen molar-refractivity contribution < 1.29 is 9.59 Å². The lowest BCUT2D eigenvalue weighted by Crippen LogP contribution is -2.16. The zero-order valence-corrected chi connectivity index (χ0v) is 18.0. The van der Waals surface area contributed by atoms with Crippen molar-refractivity contribution in [3.8, 4) is 0 Å². The van der Waals surface area contributed by atoms with Gasteiger partial charge in [-0.15, -0.1) is 0 Å². The molecule has 2 aliphatic rings. The fourth-order valence-corrected chi connectivity index (χ4v) is 4.12. The van der Waals surface area contributed by atoms with Crippen molar-refractivity contribution in [3.63, 3.8) is 0 Å². The van der Waals surface area contributed by atoms with Gasteiger partial charge >= 0.3 is 0 Å². The molecular weight excluding hydrogens is 384 g/mol. The fraction of sp³-hybridized carbons (Fsp3) is 0.455. The molecule has 29 heavy (non-hydrogen) atoms. The molecule has 2 saturated carbocycles. The van der Waals surface area contributed by atoms with Crippen molar-refractivity contribution in [2.75, 3.05) is 10.6 Å². The third-order valence-corrected chi connectivity index (χ3v) is 6.78. The number of amides is 2. The van der Waals surface area contributed by atoms with E-state index in [9.17, 15) is 9.59 Å². The third kappa shape index (κ3) is 4.61. The highest BCUT2D eigenvalue weighted by atomic mass is 32.2. The molecule has 2 unspecified atom stereocenters. The van der Waals surface area contributed by atoms with Gasteiger partial charge in [0.25, 0.3) is 0 Å². The summed E-state index contributed by atoms with van der Waals surface area (Å²) in [5.74, 6) is 0.300. The SMILES string of the molecule is CC1(C)CC1C(=O)Nc1ccc(Sc2ccc(NC(=O)C3CC3(C)C)cn2)nc1. The Kier molecular flexibility index (Phi) is 4.89. The smallest absolute Gasteiger partial charge is 0.228 e. The third-order valence-electron chi connectivity index (χ3n) is 5.88. The number of nitrogens with zero attached hydrogens (tertiary/aromatic N) is 2. The summed E-state index contributed by atoms with van der Waals surface area (Å²) in [6.45, 7) is 8.41. The average Bonchev–Trinajstić information content (AvgIpc) is 3.52. The number of carbonyl (C=O) groups excluding carboxylic acids is 2. The van der Waals surface area contributed by atoms with Gasteiger partial charge in [0.05, 0.1) is 23.8 Å². The van der Waals surface area contributed by atoms with Crippen LogP contribution < -0.4 is 10.6 Å². The molecule has 0 aliphatic heterocycles. The lowest BCUT2D eigenvalue weighted by Gasteiger charge is -2.08. The maximum Gasteiger partial charge on any atom is 0.228 e. The summed E-state index contributed by atoms with van der Waals surface area (Å²) in [5.41, 5.74) is 1.63. The van der Waals surface area contributed by atoms with Gasteiger partial charge in [0.2, 0.25) is 11.8 Å². The van der Waals surface area contributed by atoms with Gasteiger partial charge < -0.3 is 10.6 Å². The van der Waals surface area contributed by atoms with Gasteiger partial charge in [-0.05, 0) is 47.9 Å². The van der Waals surface area contributed by atoms with Crippen LogP contribution >= 0.6 is 11.8 Å². The highest BCUT2D eigenvalue weighted by Gasteiger charge is 2.51. The van der Waals surface area contributed by atoms with E-state index >= 15 is 0 Å². The van der Waals surface area contributed by atoms with E-state index in [1.807, 2.05) is 24.3 Å². The molecule has 7 heteroatoms. The average molecular weight is 411 g/mol. The van der Waals surface area contributed by atoms with Gasteiger partial charge in [-0.2, -0.15) is 0 Å². The Morgan fingerprint density at radius 1 is 0.828 bits per heavy atom. The van der Waals surface area contributed by atoms with Crippen LogP contribution in [0.4, 0.5) is 11.4 Å². The Balaban J connectivity index is 1.30. The number of aromatic nitrogens is 2. The van der Waals surface area contributed by atoms with Crippen LogP contribution in [0.1, 0.15) is 40.5 Å². The number of pyridine rings is 2. The second-order valence-corrected chi connectivity index (χ2v) is 10.4. The molecule has 0 spiro atoms. The molecule has 152 valence electrons. The topological polar surface area (TPSA) is 84.0 Å². The molecule has 2 fully saturated rings. The maximum atomic E-state index is 12.2. The molecule has 2 atom stereocenters. The van der Waals surface area contributed by atoms with Crippen LogP contribution in [0.3, 0.4) is 0 Å². The fourth-order valence-electron chi connectivity index (χ4n) is 3.42. The van der Waals surface area contributed by atoms with Crippen LogP contribution in [0, 0.1) is 22.7 Å². The lowest BCUT2D eigenvalue weighted by molar-refractivity contribution is -0.118. The Bertz CT molecular complexity index is 861. The molecule has 4 rings (SSSR count). The van der Waals surface area contributed by atoms with Crippen molar-refractivity contribution >= 4 is 35.0 Å². The van der Waals surface area contributed by atoms with Gasteiger partial charge in [0.1, 0.15) is 10.1 Å². The minimum absolute atomic E-state index is 0.0612. The van der Waals surface area contributed by atoms with Crippen molar-refractivity contribution in [3.05, 3.63) is 36.7 Å². The summed E-state index contributed by atoms with van der Waals surface area (Å²) in [6, 6.07) is 7.44. The Morgan fingerprint density at radius 2 is 1.21 bits per heavy atom. The maximum absolute atomic E-state index is 12.2. The van der Waals surface area contributed by atoms with E-state index in [1.54, 1.807) is 12.4 Å². The number of hydrogen-bond acceptors (Lipinski definition) is 5. The summed E-state index contributed by atoms with van der Waals surface area (Å²) in [7, 11) is 0. The molecule has 0 saturated heterocycles. The van der Waals surface area contributed by atoms with E-state index < -0.39 is 0 Å². The van der Waals surface area contributed by atoms with E-state index in [2.05, 4.69) is 48.3 Å². The summed E-state index contributed by atoms with van der Waals surface area (Å²) >= 11 is 1.43. The van der Waals surface area contributed by atoms with E-state index in [-0.39, 0.29) is 34.5 Å². The molecule has 2 aliphatic carbocycles. The Morgan fingerprint density at radius 3 is 1.48 bits per heavy atom. The molecule has 2 aromatic rings. The first-order valence-corrected chi connectivity index (χ1v) is 10.7. The van der Waals surface area contributed by atoms with Crippen LogP contribution in [0.25, 0.3) is 0 Å². The normalized spacial score (nSPS) is 23.2. The molecule has 0 bridgehead atoms. The largest absolute Gasteiger partial charge is 0.324 e. The Labute approximate surface area is 175 Å². The van der Waals surface area contributed by atoms with Crippen molar-refractivity contribution in [1.29, 1.82) is 0 Å². The molecule has 0 radical (unpaired) electrons. The monoisotopic (exact) mass is 410 g/mol. The highest BCUT2D eigenvalue weighted by Crippen LogP contribution is 2.52. The number of carbonyl (C=O) groups is 2. The van der Waals surface area contributed by atoms with Gasteiger partial charge in [-0.3, -0.25) is 9.59 Å². The first kappa shape index (κ1) is 19.9.